The van der Waals surface area contributed by atoms with Gasteiger partial charge in [-0.3, -0.25) is 9.69 Å². The van der Waals surface area contributed by atoms with E-state index in [2.05, 4.69) is 10.00 Å². The van der Waals surface area contributed by atoms with Gasteiger partial charge in [0.15, 0.2) is 5.69 Å². The lowest BCUT2D eigenvalue weighted by Crippen LogP contribution is -2.52. The highest BCUT2D eigenvalue weighted by molar-refractivity contribution is 5.94. The summed E-state index contributed by atoms with van der Waals surface area (Å²) in [7, 11) is 0. The summed E-state index contributed by atoms with van der Waals surface area (Å²) in [5, 5.41) is 3.94. The molecule has 2 aliphatic carbocycles. The predicted octanol–water partition coefficient (Wildman–Crippen LogP) is 4.86. The highest BCUT2D eigenvalue weighted by atomic mass is 19.4. The number of aromatic nitrogens is 2. The Hall–Kier alpha value is -2.35. The monoisotopic (exact) mass is 460 g/mol. The van der Waals surface area contributed by atoms with Crippen LogP contribution in [0.5, 0.6) is 0 Å². The Labute approximate surface area is 192 Å². The van der Waals surface area contributed by atoms with Gasteiger partial charge in [0.05, 0.1) is 5.69 Å². The van der Waals surface area contributed by atoms with Gasteiger partial charge in [-0.1, -0.05) is 19.3 Å². The molecule has 2 fully saturated rings. The van der Waals surface area contributed by atoms with Crippen LogP contribution >= 0.6 is 0 Å². The molecule has 0 unspecified atom stereocenters. The predicted molar refractivity (Wildman–Crippen MR) is 120 cm³/mol. The van der Waals surface area contributed by atoms with E-state index in [9.17, 15) is 18.0 Å². The van der Waals surface area contributed by atoms with Crippen molar-refractivity contribution in [3.05, 3.63) is 46.8 Å². The lowest BCUT2D eigenvalue weighted by Gasteiger charge is -2.40. The number of amides is 1. The molecule has 3 aliphatic rings. The quantitative estimate of drug-likeness (QED) is 0.657. The number of fused-ring (bicyclic) bond motifs is 1. The normalized spacial score (nSPS) is 20.6. The number of nitrogens with zero attached hydrogens (tertiary/aromatic N) is 4. The zero-order valence-electron chi connectivity index (χ0n) is 18.9. The molecule has 5 nitrogen and oxygen atoms in total. The van der Waals surface area contributed by atoms with Gasteiger partial charge in [0.1, 0.15) is 0 Å². The van der Waals surface area contributed by atoms with Gasteiger partial charge in [-0.2, -0.15) is 18.3 Å². The first-order valence-corrected chi connectivity index (χ1v) is 12.2. The number of carbonyl (C=O) groups excluding carboxylic acids is 1. The highest BCUT2D eigenvalue weighted by Crippen LogP contribution is 2.36. The van der Waals surface area contributed by atoms with Crippen molar-refractivity contribution in [3.63, 3.8) is 0 Å². The summed E-state index contributed by atoms with van der Waals surface area (Å²) < 4.78 is 41.9. The summed E-state index contributed by atoms with van der Waals surface area (Å²) in [5.74, 6) is -0.0108. The fraction of sp³-hybridized carbons (Fsp3) is 0.600. The Morgan fingerprint density at radius 1 is 0.879 bits per heavy atom. The van der Waals surface area contributed by atoms with E-state index in [1.807, 2.05) is 4.90 Å². The van der Waals surface area contributed by atoms with Gasteiger partial charge in [-0.05, 0) is 62.8 Å². The maximum atomic E-state index is 13.5. The van der Waals surface area contributed by atoms with E-state index in [-0.39, 0.29) is 5.91 Å². The number of hydrogen-bond acceptors (Lipinski definition) is 3. The van der Waals surface area contributed by atoms with E-state index < -0.39 is 11.9 Å². The Balaban J connectivity index is 1.28. The van der Waals surface area contributed by atoms with Crippen LogP contribution in [0.3, 0.4) is 0 Å². The lowest BCUT2D eigenvalue weighted by atomic mass is 9.94. The highest BCUT2D eigenvalue weighted by Gasteiger charge is 2.39. The first-order chi connectivity index (χ1) is 15.9. The van der Waals surface area contributed by atoms with E-state index in [0.29, 0.717) is 41.4 Å². The second-order valence-corrected chi connectivity index (χ2v) is 9.56. The third kappa shape index (κ3) is 4.54. The fourth-order valence-corrected chi connectivity index (χ4v) is 5.70. The second-order valence-electron chi connectivity index (χ2n) is 9.56. The molecule has 0 radical (unpaired) electrons. The van der Waals surface area contributed by atoms with Crippen LogP contribution in [0.2, 0.25) is 0 Å². The Bertz CT molecular complexity index is 984. The van der Waals surface area contributed by atoms with Crippen molar-refractivity contribution in [1.29, 1.82) is 0 Å². The number of halogens is 3. The van der Waals surface area contributed by atoms with Crippen molar-refractivity contribution >= 4 is 5.91 Å². The van der Waals surface area contributed by atoms with Gasteiger partial charge in [0, 0.05) is 49.0 Å². The Kier molecular flexibility index (Phi) is 6.20. The molecule has 33 heavy (non-hydrogen) atoms. The lowest BCUT2D eigenvalue weighted by molar-refractivity contribution is -0.142. The van der Waals surface area contributed by atoms with E-state index in [1.165, 1.54) is 36.8 Å². The molecule has 0 N–H and O–H groups in total. The first-order valence-electron chi connectivity index (χ1n) is 12.2. The molecule has 1 amide bonds. The molecule has 0 bridgehead atoms. The number of piperazine rings is 1. The Morgan fingerprint density at radius 2 is 1.55 bits per heavy atom. The number of rotatable bonds is 3. The molecule has 0 atom stereocenters. The molecule has 1 aliphatic heterocycles. The molecule has 1 aromatic carbocycles. The molecule has 0 spiro atoms. The zero-order valence-corrected chi connectivity index (χ0v) is 18.9. The zero-order chi connectivity index (χ0) is 23.0. The van der Waals surface area contributed by atoms with Crippen LogP contribution in [0.4, 0.5) is 13.2 Å². The molecule has 1 saturated heterocycles. The minimum Gasteiger partial charge on any atom is -0.336 e. The van der Waals surface area contributed by atoms with Crippen LogP contribution in [0.15, 0.2) is 24.3 Å². The maximum absolute atomic E-state index is 13.5. The SMILES string of the molecule is O=C(c1ccc(-n2nc(C(F)(F)F)c3c2CCCC3)cc1)N1CCN(C2CCCCC2)CC1. The minimum atomic E-state index is -4.46. The van der Waals surface area contributed by atoms with Crippen LogP contribution < -0.4 is 0 Å². The number of carbonyl (C=O) groups is 1. The van der Waals surface area contributed by atoms with Gasteiger partial charge < -0.3 is 4.90 Å². The molecule has 5 rings (SSSR count). The molecular formula is C25H31F3N4O. The van der Waals surface area contributed by atoms with Gasteiger partial charge in [-0.15, -0.1) is 0 Å². The minimum absolute atomic E-state index is 0.0108. The summed E-state index contributed by atoms with van der Waals surface area (Å²) in [6, 6.07) is 7.53. The molecule has 1 aromatic heterocycles. The fourth-order valence-electron chi connectivity index (χ4n) is 5.70. The van der Waals surface area contributed by atoms with Crippen LogP contribution in [0, 0.1) is 0 Å². The molecule has 2 aromatic rings. The van der Waals surface area contributed by atoms with E-state index in [0.717, 1.165) is 39.0 Å². The maximum Gasteiger partial charge on any atom is 0.435 e. The molecule has 178 valence electrons. The molecule has 2 heterocycles. The van der Waals surface area contributed by atoms with Gasteiger partial charge >= 0.3 is 6.18 Å². The van der Waals surface area contributed by atoms with Crippen LogP contribution in [-0.2, 0) is 19.0 Å². The summed E-state index contributed by atoms with van der Waals surface area (Å²) in [5.41, 5.74) is 1.34. The number of benzene rings is 1. The van der Waals surface area contributed by atoms with Crippen molar-refractivity contribution in [3.8, 4) is 5.69 Å². The largest absolute Gasteiger partial charge is 0.435 e. The molecule has 8 heteroatoms. The number of alkyl halides is 3. The van der Waals surface area contributed by atoms with Crippen molar-refractivity contribution in [2.24, 2.45) is 0 Å². The standard InChI is InChI=1S/C25H31F3N4O/c26-25(27,28)23-21-8-4-5-9-22(21)32(29-23)20-12-10-18(11-13-20)24(33)31-16-14-30(15-17-31)19-6-2-1-3-7-19/h10-13,19H,1-9,14-17H2. The second kappa shape index (κ2) is 9.12. The summed E-state index contributed by atoms with van der Waals surface area (Å²) >= 11 is 0. The topological polar surface area (TPSA) is 41.4 Å². The third-order valence-corrected chi connectivity index (χ3v) is 7.50. The summed E-state index contributed by atoms with van der Waals surface area (Å²) in [6.45, 7) is 3.26. The number of hydrogen-bond donors (Lipinski definition) is 0. The van der Waals surface area contributed by atoms with Crippen LogP contribution in [0.1, 0.15) is 72.3 Å². The molecule has 1 saturated carbocycles. The van der Waals surface area contributed by atoms with Crippen molar-refractivity contribution < 1.29 is 18.0 Å². The average molecular weight is 461 g/mol. The van der Waals surface area contributed by atoms with E-state index >= 15 is 0 Å². The van der Waals surface area contributed by atoms with Crippen molar-refractivity contribution in [2.45, 2.75) is 70.0 Å². The van der Waals surface area contributed by atoms with Gasteiger partial charge in [-0.25, -0.2) is 4.68 Å². The Morgan fingerprint density at radius 3 is 2.21 bits per heavy atom. The smallest absolute Gasteiger partial charge is 0.336 e. The summed E-state index contributed by atoms with van der Waals surface area (Å²) in [6.07, 6.45) is 4.64. The summed E-state index contributed by atoms with van der Waals surface area (Å²) in [4.78, 5) is 17.5. The van der Waals surface area contributed by atoms with Gasteiger partial charge in [0.2, 0.25) is 0 Å². The van der Waals surface area contributed by atoms with E-state index in [1.54, 1.807) is 24.3 Å². The van der Waals surface area contributed by atoms with Crippen LogP contribution in [-0.4, -0.2) is 57.7 Å². The van der Waals surface area contributed by atoms with Crippen molar-refractivity contribution in [1.82, 2.24) is 19.6 Å². The molecular weight excluding hydrogens is 429 g/mol. The third-order valence-electron chi connectivity index (χ3n) is 7.50. The van der Waals surface area contributed by atoms with Crippen LogP contribution in [0.25, 0.3) is 5.69 Å². The first kappa shape index (κ1) is 22.4. The van der Waals surface area contributed by atoms with Crippen molar-refractivity contribution in [2.75, 3.05) is 26.2 Å². The van der Waals surface area contributed by atoms with E-state index in [4.69, 9.17) is 0 Å². The average Bonchev–Trinajstić information content (AvgIpc) is 3.25. The van der Waals surface area contributed by atoms with Gasteiger partial charge in [0.25, 0.3) is 5.91 Å².